The fraction of sp³-hybridized carbons (Fsp3) is 0.282. The summed E-state index contributed by atoms with van der Waals surface area (Å²) in [4.78, 5) is 27.6. The van der Waals surface area contributed by atoms with Crippen molar-refractivity contribution in [3.63, 3.8) is 0 Å². The number of phenols is 2. The van der Waals surface area contributed by atoms with Crippen LogP contribution in [-0.4, -0.2) is 122 Å². The van der Waals surface area contributed by atoms with Gasteiger partial charge in [-0.3, -0.25) is 14.5 Å². The lowest BCUT2D eigenvalue weighted by Gasteiger charge is -2.44. The van der Waals surface area contributed by atoms with Gasteiger partial charge in [-0.05, 0) is 99.8 Å². The van der Waals surface area contributed by atoms with Gasteiger partial charge in [0.2, 0.25) is 20.0 Å². The monoisotopic (exact) mass is 885 g/mol. The van der Waals surface area contributed by atoms with Crippen molar-refractivity contribution in [2.24, 2.45) is 10.2 Å². The Balaban J connectivity index is 1.10. The number of halogens is 2. The van der Waals surface area contributed by atoms with E-state index in [1.165, 1.54) is 93.5 Å². The summed E-state index contributed by atoms with van der Waals surface area (Å²) in [6, 6.07) is 19.2. The van der Waals surface area contributed by atoms with Gasteiger partial charge in [0.05, 0.1) is 40.0 Å². The third kappa shape index (κ3) is 9.93. The van der Waals surface area contributed by atoms with Crippen molar-refractivity contribution in [3.8, 4) is 11.5 Å². The molecule has 59 heavy (non-hydrogen) atoms. The molecule has 2 atom stereocenters. The highest BCUT2D eigenvalue weighted by Gasteiger charge is 2.41. The number of nitrogens with zero attached hydrogens (tertiary/aromatic N) is 5. The number of aromatic hydroxyl groups is 2. The predicted octanol–water partition coefficient (Wildman–Crippen LogP) is 4.11. The molecule has 2 aliphatic heterocycles. The van der Waals surface area contributed by atoms with E-state index < -0.39 is 44.0 Å². The van der Waals surface area contributed by atoms with E-state index in [0.29, 0.717) is 33.4 Å². The molecule has 2 saturated heterocycles. The van der Waals surface area contributed by atoms with Crippen LogP contribution in [-0.2, 0) is 24.8 Å². The summed E-state index contributed by atoms with van der Waals surface area (Å²) in [6.07, 6.45) is -0.691. The molecular weight excluding hydrogens is 846 g/mol. The minimum absolute atomic E-state index is 0.0108. The number of morpholine rings is 1. The van der Waals surface area contributed by atoms with Gasteiger partial charge < -0.3 is 14.9 Å². The Bertz CT molecular complexity index is 2540. The van der Waals surface area contributed by atoms with Gasteiger partial charge >= 0.3 is 0 Å². The number of hydrazone groups is 2. The normalized spacial score (nSPS) is 19.0. The highest BCUT2D eigenvalue weighted by molar-refractivity contribution is 7.89. The molecule has 2 aliphatic rings. The number of likely N-dealkylation sites (N-methyl/N-ethyl adjacent to an activating group) is 1. The Hall–Kier alpha value is -4.92. The molecule has 0 bridgehead atoms. The maximum atomic E-state index is 14.0. The lowest BCUT2D eigenvalue weighted by molar-refractivity contribution is -0.0602. The van der Waals surface area contributed by atoms with Crippen LogP contribution in [0.5, 0.6) is 11.5 Å². The first-order chi connectivity index (χ1) is 27.9. The van der Waals surface area contributed by atoms with Crippen molar-refractivity contribution < 1.29 is 41.4 Å². The number of phenolic OH excluding ortho intramolecular Hbond substituents is 2. The van der Waals surface area contributed by atoms with Crippen molar-refractivity contribution in [1.82, 2.24) is 24.4 Å². The van der Waals surface area contributed by atoms with Crippen LogP contribution in [0.2, 0.25) is 10.0 Å². The molecule has 2 unspecified atom stereocenters. The topological polar surface area (TPSA) is 211 Å². The fourth-order valence-corrected chi connectivity index (χ4v) is 9.86. The van der Waals surface area contributed by atoms with E-state index in [9.17, 15) is 36.6 Å². The molecule has 2 amide bonds. The highest BCUT2D eigenvalue weighted by Crippen LogP contribution is 2.27. The van der Waals surface area contributed by atoms with Crippen molar-refractivity contribution in [1.29, 1.82) is 0 Å². The van der Waals surface area contributed by atoms with Gasteiger partial charge in [0.15, 0.2) is 0 Å². The van der Waals surface area contributed by atoms with Gasteiger partial charge in [-0.1, -0.05) is 29.3 Å². The molecule has 4 N–H and O–H groups in total. The smallest absolute Gasteiger partial charge is 0.271 e. The molecule has 4 aromatic rings. The maximum absolute atomic E-state index is 14.0. The average Bonchev–Trinajstić information content (AvgIpc) is 3.23. The summed E-state index contributed by atoms with van der Waals surface area (Å²) in [5.41, 5.74) is 6.18. The standard InChI is InChI=1S/C39H41Cl2N7O9S2/c1-24(32-20-28(40)9-13-35(32)49)42-44-38(51)26-7-11-30(12-8-26)58(53,54)48-17-18-57-37(23-48)34-22-47(16-15-46(34)3)59(55,56)31-6-4-5-27(19-31)39(52)45-43-25(2)33-21-29(41)10-14-36(33)50/h4-14,19-21,34,37,49-50H,15-18,22-23H2,1-3H3,(H,44,51)(H,45,52)/b42-24+,43-25+. The number of piperazine rings is 1. The van der Waals surface area contributed by atoms with E-state index >= 15 is 0 Å². The third-order valence-electron chi connectivity index (χ3n) is 9.98. The zero-order valence-corrected chi connectivity index (χ0v) is 35.2. The van der Waals surface area contributed by atoms with Crippen LogP contribution < -0.4 is 10.9 Å². The van der Waals surface area contributed by atoms with E-state index in [1.807, 2.05) is 11.9 Å². The first kappa shape index (κ1) is 43.7. The van der Waals surface area contributed by atoms with Crippen molar-refractivity contribution >= 4 is 66.5 Å². The molecule has 6 rings (SSSR count). The summed E-state index contributed by atoms with van der Waals surface area (Å²) in [5.74, 6) is -1.43. The first-order valence-electron chi connectivity index (χ1n) is 18.1. The third-order valence-corrected chi connectivity index (χ3v) is 14.2. The molecule has 20 heteroatoms. The number of ether oxygens (including phenoxy) is 1. The van der Waals surface area contributed by atoms with Crippen LogP contribution in [0.3, 0.4) is 0 Å². The molecular formula is C39H41Cl2N7O9S2. The molecule has 312 valence electrons. The van der Waals surface area contributed by atoms with Gasteiger partial charge in [0, 0.05) is 65.0 Å². The second kappa shape index (κ2) is 18.1. The van der Waals surface area contributed by atoms with Gasteiger partial charge in [-0.25, -0.2) is 27.7 Å². The van der Waals surface area contributed by atoms with E-state index in [4.69, 9.17) is 27.9 Å². The number of sulfonamides is 2. The minimum atomic E-state index is -4.12. The van der Waals surface area contributed by atoms with Crippen molar-refractivity contribution in [2.45, 2.75) is 35.8 Å². The van der Waals surface area contributed by atoms with E-state index in [2.05, 4.69) is 21.1 Å². The molecule has 0 saturated carbocycles. The Morgan fingerprint density at radius 1 is 0.695 bits per heavy atom. The Labute approximate surface area is 351 Å². The minimum Gasteiger partial charge on any atom is -0.507 e. The Kier molecular flexibility index (Phi) is 13.4. The SMILES string of the molecule is C/C(=N\NC(=O)c1ccc(S(=O)(=O)N2CCOC(C3CN(S(=O)(=O)c4cccc(C(=O)N/N=C(\C)c5cc(Cl)ccc5O)c4)CCN3C)C2)cc1)c1cc(Cl)ccc1O. The molecule has 4 aromatic carbocycles. The molecule has 0 radical (unpaired) electrons. The first-order valence-corrected chi connectivity index (χ1v) is 21.8. The number of benzene rings is 4. The summed E-state index contributed by atoms with van der Waals surface area (Å²) < 4.78 is 64.2. The zero-order chi connectivity index (χ0) is 42.6. The summed E-state index contributed by atoms with van der Waals surface area (Å²) >= 11 is 12.0. The molecule has 2 heterocycles. The average molecular weight is 887 g/mol. The van der Waals surface area contributed by atoms with Gasteiger partial charge in [-0.2, -0.15) is 18.8 Å². The lowest BCUT2D eigenvalue weighted by atomic mass is 10.1. The number of carbonyl (C=O) groups excluding carboxylic acids is 2. The summed E-state index contributed by atoms with van der Waals surface area (Å²) in [5, 5.41) is 29.1. The van der Waals surface area contributed by atoms with Crippen LogP contribution in [0.1, 0.15) is 45.7 Å². The summed E-state index contributed by atoms with van der Waals surface area (Å²) in [7, 11) is -6.36. The van der Waals surface area contributed by atoms with Crippen LogP contribution in [0.4, 0.5) is 0 Å². The van der Waals surface area contributed by atoms with Crippen LogP contribution in [0.25, 0.3) is 0 Å². The molecule has 0 spiro atoms. The van der Waals surface area contributed by atoms with Crippen LogP contribution in [0.15, 0.2) is 105 Å². The predicted molar refractivity (Wildman–Crippen MR) is 222 cm³/mol. The molecule has 16 nitrogen and oxygen atoms in total. The maximum Gasteiger partial charge on any atom is 0.271 e. The van der Waals surface area contributed by atoms with Crippen LogP contribution in [0, 0.1) is 0 Å². The van der Waals surface area contributed by atoms with E-state index in [0.717, 1.165) is 0 Å². The van der Waals surface area contributed by atoms with Crippen molar-refractivity contribution in [3.05, 3.63) is 117 Å². The number of nitrogens with one attached hydrogen (secondary N) is 2. The van der Waals surface area contributed by atoms with Gasteiger partial charge in [0.1, 0.15) is 11.5 Å². The number of rotatable bonds is 11. The number of amides is 2. The van der Waals surface area contributed by atoms with E-state index in [-0.39, 0.29) is 70.9 Å². The number of hydrogen-bond acceptors (Lipinski definition) is 12. The number of hydrogen-bond donors (Lipinski definition) is 4. The van der Waals surface area contributed by atoms with Crippen molar-refractivity contribution in [2.75, 3.05) is 46.4 Å². The fourth-order valence-electron chi connectivity index (χ4n) is 6.58. The number of carbonyl (C=O) groups is 2. The molecule has 0 aromatic heterocycles. The Morgan fingerprint density at radius 2 is 1.24 bits per heavy atom. The second-order valence-electron chi connectivity index (χ2n) is 13.8. The van der Waals surface area contributed by atoms with Gasteiger partial charge in [-0.15, -0.1) is 0 Å². The Morgan fingerprint density at radius 3 is 1.83 bits per heavy atom. The quantitative estimate of drug-likeness (QED) is 0.125. The second-order valence-corrected chi connectivity index (χ2v) is 18.6. The van der Waals surface area contributed by atoms with E-state index in [1.54, 1.807) is 13.8 Å². The molecule has 2 fully saturated rings. The summed E-state index contributed by atoms with van der Waals surface area (Å²) in [6.45, 7) is 3.68. The largest absolute Gasteiger partial charge is 0.507 e. The van der Waals surface area contributed by atoms with Crippen LogP contribution >= 0.6 is 23.2 Å². The lowest BCUT2D eigenvalue weighted by Crippen LogP contribution is -2.61. The van der Waals surface area contributed by atoms with Gasteiger partial charge in [0.25, 0.3) is 11.8 Å². The highest BCUT2D eigenvalue weighted by atomic mass is 35.5. The zero-order valence-electron chi connectivity index (χ0n) is 32.0. The molecule has 0 aliphatic carbocycles.